The molecule has 0 fully saturated rings. The smallest absolute Gasteiger partial charge is 0 e. The van der Waals surface area contributed by atoms with Gasteiger partial charge in [0.05, 0.1) is 0 Å². The van der Waals surface area contributed by atoms with E-state index in [0.29, 0.717) is 0 Å². The van der Waals surface area contributed by atoms with Crippen LogP contribution in [-0.4, -0.2) is 0 Å². The third kappa shape index (κ3) is 18.3. The summed E-state index contributed by atoms with van der Waals surface area (Å²) in [7, 11) is 0. The average Bonchev–Trinajstić information content (AvgIpc) is 0. The van der Waals surface area contributed by atoms with Gasteiger partial charge in [-0.3, -0.25) is 0 Å². The minimum atomic E-state index is 0. The molecule has 0 aliphatic heterocycles. The van der Waals surface area contributed by atoms with E-state index in [1.165, 1.54) is 0 Å². The molecule has 0 saturated heterocycles. The SMILES string of the molecule is [Hf].[Nb].[Ni].[Ti].[Zr]. The van der Waals surface area contributed by atoms with E-state index >= 15 is 0 Å². The van der Waals surface area contributed by atoms with Crippen molar-refractivity contribution in [1.82, 2.24) is 0 Å². The summed E-state index contributed by atoms with van der Waals surface area (Å²) < 4.78 is 0. The van der Waals surface area contributed by atoms with Crippen LogP contribution < -0.4 is 0 Å². The van der Waals surface area contributed by atoms with Gasteiger partial charge in [-0.15, -0.1) is 0 Å². The van der Waals surface area contributed by atoms with Crippen molar-refractivity contribution in [2.45, 2.75) is 0 Å². The standard InChI is InChI=1S/Hf.Nb.Ni.Ti.Zr. The monoisotopic (exact) mass is 469 g/mol. The van der Waals surface area contributed by atoms with E-state index in [1.54, 1.807) is 0 Å². The van der Waals surface area contributed by atoms with Crippen LogP contribution in [0.2, 0.25) is 0 Å². The van der Waals surface area contributed by atoms with Crippen molar-refractivity contribution in [2.24, 2.45) is 0 Å². The molecule has 0 bridgehead atoms. The van der Waals surface area contributed by atoms with E-state index in [-0.39, 0.29) is 113 Å². The quantitative estimate of drug-likeness (QED) is 0.439. The van der Waals surface area contributed by atoms with Crippen LogP contribution in [0.4, 0.5) is 0 Å². The van der Waals surface area contributed by atoms with Gasteiger partial charge in [0.25, 0.3) is 0 Å². The van der Waals surface area contributed by atoms with Crippen molar-refractivity contribution in [2.75, 3.05) is 0 Å². The molecule has 0 aromatic carbocycles. The molecular formula is HfNbNiTiZr. The molecular weight excluding hydrogens is 469 g/mol. The summed E-state index contributed by atoms with van der Waals surface area (Å²) >= 11 is 0. The fraction of sp³-hybridized carbons (Fsp3) is 0. The van der Waals surface area contributed by atoms with Crippen LogP contribution in [0.15, 0.2) is 0 Å². The Balaban J connectivity index is 0. The molecule has 5 heteroatoms. The second-order valence-corrected chi connectivity index (χ2v) is 0. The molecule has 0 aromatic heterocycles. The molecule has 0 nitrogen and oxygen atoms in total. The third-order valence-corrected chi connectivity index (χ3v) is 0. The zero-order valence-corrected chi connectivity index (χ0v) is 13.1. The summed E-state index contributed by atoms with van der Waals surface area (Å²) in [5, 5.41) is 0. The van der Waals surface area contributed by atoms with E-state index in [4.69, 9.17) is 0 Å². The third-order valence-electron chi connectivity index (χ3n) is 0. The predicted octanol–water partition coefficient (Wildman–Crippen LogP) is -0.0125. The van der Waals surface area contributed by atoms with E-state index in [1.807, 2.05) is 0 Å². The van der Waals surface area contributed by atoms with Crippen LogP contribution in [-0.2, 0) is 113 Å². The van der Waals surface area contributed by atoms with Gasteiger partial charge in [0.2, 0.25) is 0 Å². The topological polar surface area (TPSA) is 0 Å². The van der Waals surface area contributed by atoms with Gasteiger partial charge >= 0.3 is 0 Å². The molecule has 0 rings (SSSR count). The first-order chi connectivity index (χ1) is 0. The molecule has 0 heterocycles. The Kier molecular flexibility index (Phi) is 190. The number of hydrogen-bond donors (Lipinski definition) is 0. The fourth-order valence-corrected chi connectivity index (χ4v) is 0. The van der Waals surface area contributed by atoms with E-state index in [0.717, 1.165) is 0 Å². The Labute approximate surface area is 110 Å². The van der Waals surface area contributed by atoms with Crippen molar-refractivity contribution in [3.63, 3.8) is 0 Å². The minimum Gasteiger partial charge on any atom is 0 e. The van der Waals surface area contributed by atoms with Gasteiger partial charge in [0.1, 0.15) is 0 Å². The predicted molar refractivity (Wildman–Crippen MR) is 0 cm³/mol. The summed E-state index contributed by atoms with van der Waals surface area (Å²) in [5.41, 5.74) is 0. The maximum Gasteiger partial charge on any atom is 0 e. The molecule has 27 valence electrons. The van der Waals surface area contributed by atoms with Gasteiger partial charge in [0, 0.05) is 113 Å². The van der Waals surface area contributed by atoms with Crippen molar-refractivity contribution < 1.29 is 113 Å². The Morgan fingerprint density at radius 3 is 1.00 bits per heavy atom. The van der Waals surface area contributed by atoms with E-state index in [9.17, 15) is 0 Å². The van der Waals surface area contributed by atoms with Crippen molar-refractivity contribution in [3.8, 4) is 0 Å². The Hall–Kier alpha value is 3.70. The number of hydrogen-bond acceptors (Lipinski definition) is 0. The summed E-state index contributed by atoms with van der Waals surface area (Å²) in [5.74, 6) is 0. The molecule has 0 unspecified atom stereocenters. The second kappa shape index (κ2) is 25.2. The van der Waals surface area contributed by atoms with Crippen molar-refractivity contribution >= 4 is 0 Å². The van der Waals surface area contributed by atoms with Gasteiger partial charge in [-0.25, -0.2) is 0 Å². The first-order valence-corrected chi connectivity index (χ1v) is 0. The van der Waals surface area contributed by atoms with Crippen LogP contribution in [0, 0.1) is 0 Å². The molecule has 0 atom stereocenters. The van der Waals surface area contributed by atoms with Gasteiger partial charge in [0.15, 0.2) is 0 Å². The molecule has 0 aliphatic carbocycles. The molecule has 0 spiro atoms. The molecule has 0 amide bonds. The zero-order chi connectivity index (χ0) is 0. The van der Waals surface area contributed by atoms with Gasteiger partial charge in [-0.1, -0.05) is 0 Å². The van der Waals surface area contributed by atoms with Crippen LogP contribution >= 0.6 is 0 Å². The number of rotatable bonds is 0. The van der Waals surface area contributed by atoms with Gasteiger partial charge < -0.3 is 0 Å². The van der Waals surface area contributed by atoms with Crippen molar-refractivity contribution in [3.05, 3.63) is 0 Å². The Morgan fingerprint density at radius 2 is 1.00 bits per heavy atom. The van der Waals surface area contributed by atoms with Crippen LogP contribution in [0.3, 0.4) is 0 Å². The zero-order valence-electron chi connectivity index (χ0n) is 2.26. The van der Waals surface area contributed by atoms with Gasteiger partial charge in [-0.2, -0.15) is 0 Å². The van der Waals surface area contributed by atoms with E-state index in [2.05, 4.69) is 0 Å². The molecule has 0 aromatic rings. The molecule has 1 radical (unpaired) electrons. The normalized spacial score (nSPS) is 0. The fourth-order valence-electron chi connectivity index (χ4n) is 0. The summed E-state index contributed by atoms with van der Waals surface area (Å²) in [4.78, 5) is 0. The summed E-state index contributed by atoms with van der Waals surface area (Å²) in [6.07, 6.45) is 0. The van der Waals surface area contributed by atoms with Crippen LogP contribution in [0.1, 0.15) is 0 Å². The minimum absolute atomic E-state index is 0. The molecule has 0 saturated carbocycles. The average molecular weight is 469 g/mol. The van der Waals surface area contributed by atoms with Crippen LogP contribution in [0.5, 0.6) is 0 Å². The van der Waals surface area contributed by atoms with E-state index < -0.39 is 0 Å². The van der Waals surface area contributed by atoms with Crippen molar-refractivity contribution in [1.29, 1.82) is 0 Å². The molecule has 0 aliphatic rings. The summed E-state index contributed by atoms with van der Waals surface area (Å²) in [6, 6.07) is 0. The first kappa shape index (κ1) is 37.7. The van der Waals surface area contributed by atoms with Crippen LogP contribution in [0.25, 0.3) is 0 Å². The Bertz CT molecular complexity index is 11.6. The molecule has 5 heavy (non-hydrogen) atoms. The molecule has 0 N–H and O–H groups in total. The first-order valence-electron chi connectivity index (χ1n) is 0. The second-order valence-electron chi connectivity index (χ2n) is 0. The largest absolute Gasteiger partial charge is 0 e. The van der Waals surface area contributed by atoms with Gasteiger partial charge in [-0.05, 0) is 0 Å². The summed E-state index contributed by atoms with van der Waals surface area (Å²) in [6.45, 7) is 0. The Morgan fingerprint density at radius 1 is 1.00 bits per heavy atom. The maximum atomic E-state index is 0. The maximum absolute atomic E-state index is 0.